The third-order valence-electron chi connectivity index (χ3n) is 3.92. The summed E-state index contributed by atoms with van der Waals surface area (Å²) in [6.45, 7) is 19.4. The normalized spacial score (nSPS) is 12.2. The highest BCUT2D eigenvalue weighted by molar-refractivity contribution is 5.93. The molecule has 27 heavy (non-hydrogen) atoms. The van der Waals surface area contributed by atoms with E-state index in [0.29, 0.717) is 18.9 Å². The Bertz CT molecular complexity index is 650. The third-order valence-corrected chi connectivity index (χ3v) is 3.92. The molecule has 0 saturated heterocycles. The van der Waals surface area contributed by atoms with E-state index in [1.165, 1.54) is 0 Å². The molecular formula is C20H37N5O2. The minimum Gasteiger partial charge on any atom is -0.338 e. The molecule has 0 saturated carbocycles. The van der Waals surface area contributed by atoms with E-state index in [2.05, 4.69) is 31.4 Å². The molecule has 7 heteroatoms. The van der Waals surface area contributed by atoms with Gasteiger partial charge < -0.3 is 15.5 Å². The molecule has 154 valence electrons. The number of hydrogen-bond donors (Lipinski definition) is 2. The maximum atomic E-state index is 12.7. The van der Waals surface area contributed by atoms with Gasteiger partial charge in [-0.3, -0.25) is 4.79 Å². The highest BCUT2D eigenvalue weighted by Gasteiger charge is 2.26. The zero-order chi connectivity index (χ0) is 21.0. The summed E-state index contributed by atoms with van der Waals surface area (Å²) in [6, 6.07) is 1.70. The molecule has 1 heterocycles. The minimum atomic E-state index is -0.274. The lowest BCUT2D eigenvalue weighted by molar-refractivity contribution is -0.116. The van der Waals surface area contributed by atoms with Gasteiger partial charge in [0.05, 0.1) is 11.2 Å². The Morgan fingerprint density at radius 1 is 1.19 bits per heavy atom. The summed E-state index contributed by atoms with van der Waals surface area (Å²) in [5.41, 5.74) is 0.514. The van der Waals surface area contributed by atoms with Crippen LogP contribution in [-0.2, 0) is 15.7 Å². The van der Waals surface area contributed by atoms with E-state index < -0.39 is 0 Å². The highest BCUT2D eigenvalue weighted by Crippen LogP contribution is 2.28. The second kappa shape index (κ2) is 8.76. The molecule has 0 aliphatic heterocycles. The SMILES string of the molecule is CCNC(=O)N(CC(=O)Nc1cc(C(C)(C)C)nn1C(C)(C)C)CC(C)C. The van der Waals surface area contributed by atoms with Gasteiger partial charge in [0, 0.05) is 24.6 Å². The van der Waals surface area contributed by atoms with E-state index in [0.717, 1.165) is 5.69 Å². The number of carbonyl (C=O) groups is 2. The van der Waals surface area contributed by atoms with Crippen molar-refractivity contribution >= 4 is 17.8 Å². The number of hydrogen-bond acceptors (Lipinski definition) is 3. The first-order chi connectivity index (χ1) is 12.3. The standard InChI is InChI=1S/C20H37N5O2/c1-10-21-18(27)24(12-14(2)3)13-17(26)22-16-11-15(19(4,5)6)23-25(16)20(7,8)9/h11,14H,10,12-13H2,1-9H3,(H,21,27)(H,22,26). The van der Waals surface area contributed by atoms with Crippen molar-refractivity contribution in [2.45, 2.75) is 73.3 Å². The molecule has 0 radical (unpaired) electrons. The van der Waals surface area contributed by atoms with Crippen LogP contribution in [0.2, 0.25) is 0 Å². The Morgan fingerprint density at radius 2 is 1.78 bits per heavy atom. The van der Waals surface area contributed by atoms with Crippen molar-refractivity contribution < 1.29 is 9.59 Å². The monoisotopic (exact) mass is 379 g/mol. The van der Waals surface area contributed by atoms with Gasteiger partial charge in [-0.15, -0.1) is 0 Å². The van der Waals surface area contributed by atoms with Gasteiger partial charge in [-0.05, 0) is 33.6 Å². The molecule has 0 atom stereocenters. The van der Waals surface area contributed by atoms with Crippen LogP contribution in [0.5, 0.6) is 0 Å². The molecule has 1 aromatic rings. The van der Waals surface area contributed by atoms with Crippen LogP contribution in [0, 0.1) is 5.92 Å². The maximum Gasteiger partial charge on any atom is 0.317 e. The van der Waals surface area contributed by atoms with Crippen molar-refractivity contribution in [3.05, 3.63) is 11.8 Å². The van der Waals surface area contributed by atoms with Gasteiger partial charge in [-0.1, -0.05) is 34.6 Å². The Hall–Kier alpha value is -2.05. The predicted octanol–water partition coefficient (Wildman–Crippen LogP) is 3.56. The van der Waals surface area contributed by atoms with Crippen LogP contribution in [0.4, 0.5) is 10.6 Å². The molecule has 3 amide bonds. The number of urea groups is 1. The van der Waals surface area contributed by atoms with E-state index in [1.54, 1.807) is 4.90 Å². The number of carbonyl (C=O) groups excluding carboxylic acids is 2. The van der Waals surface area contributed by atoms with Crippen molar-refractivity contribution in [1.82, 2.24) is 20.0 Å². The summed E-state index contributed by atoms with van der Waals surface area (Å²) in [4.78, 5) is 26.5. The van der Waals surface area contributed by atoms with Gasteiger partial charge in [0.15, 0.2) is 0 Å². The van der Waals surface area contributed by atoms with Crippen LogP contribution in [0.3, 0.4) is 0 Å². The summed E-state index contributed by atoms with van der Waals surface area (Å²) < 4.78 is 1.84. The molecule has 0 aromatic carbocycles. The van der Waals surface area contributed by atoms with E-state index in [9.17, 15) is 9.59 Å². The molecule has 0 aliphatic rings. The smallest absolute Gasteiger partial charge is 0.317 e. The van der Waals surface area contributed by atoms with Crippen LogP contribution in [0.1, 0.15) is 68.0 Å². The van der Waals surface area contributed by atoms with Crippen molar-refractivity contribution in [1.29, 1.82) is 0 Å². The summed E-state index contributed by atoms with van der Waals surface area (Å²) in [5.74, 6) is 0.693. The van der Waals surface area contributed by atoms with Crippen molar-refractivity contribution in [3.8, 4) is 0 Å². The predicted molar refractivity (Wildman–Crippen MR) is 110 cm³/mol. The maximum absolute atomic E-state index is 12.7. The lowest BCUT2D eigenvalue weighted by Gasteiger charge is -2.25. The first-order valence-corrected chi connectivity index (χ1v) is 9.69. The fraction of sp³-hybridized carbons (Fsp3) is 0.750. The van der Waals surface area contributed by atoms with Crippen molar-refractivity contribution in [3.63, 3.8) is 0 Å². The molecule has 1 aromatic heterocycles. The van der Waals surface area contributed by atoms with Crippen LogP contribution in [0.15, 0.2) is 6.07 Å². The van der Waals surface area contributed by atoms with Gasteiger partial charge in [-0.25, -0.2) is 9.48 Å². The zero-order valence-electron chi connectivity index (χ0n) is 18.4. The van der Waals surface area contributed by atoms with Gasteiger partial charge in [0.2, 0.25) is 5.91 Å². The van der Waals surface area contributed by atoms with Crippen molar-refractivity contribution in [2.24, 2.45) is 5.92 Å². The molecule has 0 fully saturated rings. The number of amides is 3. The first-order valence-electron chi connectivity index (χ1n) is 9.69. The van der Waals surface area contributed by atoms with Gasteiger partial charge >= 0.3 is 6.03 Å². The molecule has 0 unspecified atom stereocenters. The quantitative estimate of drug-likeness (QED) is 0.793. The van der Waals surface area contributed by atoms with Crippen LogP contribution < -0.4 is 10.6 Å². The Labute approximate surface area is 163 Å². The van der Waals surface area contributed by atoms with E-state index in [-0.39, 0.29) is 35.4 Å². The number of nitrogens with zero attached hydrogens (tertiary/aromatic N) is 3. The van der Waals surface area contributed by atoms with Gasteiger partial charge in [-0.2, -0.15) is 5.10 Å². The second-order valence-electron chi connectivity index (χ2n) is 9.41. The molecule has 0 aliphatic carbocycles. The molecular weight excluding hydrogens is 342 g/mol. The Kier molecular flexibility index (Phi) is 7.46. The summed E-state index contributed by atoms with van der Waals surface area (Å²) in [7, 11) is 0. The average molecular weight is 380 g/mol. The molecule has 2 N–H and O–H groups in total. The summed E-state index contributed by atoms with van der Waals surface area (Å²) >= 11 is 0. The topological polar surface area (TPSA) is 79.3 Å². The van der Waals surface area contributed by atoms with Crippen LogP contribution in [-0.4, -0.2) is 46.3 Å². The lowest BCUT2D eigenvalue weighted by atomic mass is 9.92. The Morgan fingerprint density at radius 3 is 2.22 bits per heavy atom. The van der Waals surface area contributed by atoms with Gasteiger partial charge in [0.1, 0.15) is 12.4 Å². The van der Waals surface area contributed by atoms with E-state index in [1.807, 2.05) is 52.3 Å². The third kappa shape index (κ3) is 6.88. The van der Waals surface area contributed by atoms with E-state index >= 15 is 0 Å². The minimum absolute atomic E-state index is 0.00415. The first kappa shape index (κ1) is 23.0. The number of aromatic nitrogens is 2. The second-order valence-corrected chi connectivity index (χ2v) is 9.41. The largest absolute Gasteiger partial charge is 0.338 e. The van der Waals surface area contributed by atoms with Gasteiger partial charge in [0.25, 0.3) is 0 Å². The molecule has 1 rings (SSSR count). The van der Waals surface area contributed by atoms with Crippen LogP contribution >= 0.6 is 0 Å². The fourth-order valence-electron chi connectivity index (χ4n) is 2.63. The van der Waals surface area contributed by atoms with Crippen molar-refractivity contribution in [2.75, 3.05) is 25.0 Å². The summed E-state index contributed by atoms with van der Waals surface area (Å²) in [6.07, 6.45) is 0. The molecule has 0 bridgehead atoms. The zero-order valence-corrected chi connectivity index (χ0v) is 18.4. The fourth-order valence-corrected chi connectivity index (χ4v) is 2.63. The number of nitrogens with one attached hydrogen (secondary N) is 2. The van der Waals surface area contributed by atoms with Crippen LogP contribution in [0.25, 0.3) is 0 Å². The number of rotatable bonds is 6. The lowest BCUT2D eigenvalue weighted by Crippen LogP contribution is -2.45. The molecule has 0 spiro atoms. The Balaban J connectivity index is 3.03. The highest BCUT2D eigenvalue weighted by atomic mass is 16.2. The number of anilines is 1. The van der Waals surface area contributed by atoms with E-state index in [4.69, 9.17) is 5.10 Å². The summed E-state index contributed by atoms with van der Waals surface area (Å²) in [5, 5.41) is 10.4. The molecule has 7 nitrogen and oxygen atoms in total. The average Bonchev–Trinajstić information content (AvgIpc) is 2.90.